The molecule has 3 rings (SSSR count). The Balaban J connectivity index is 0.00000280. The maximum absolute atomic E-state index is 14.0. The number of hydrogen-bond acceptors (Lipinski definition) is 4. The van der Waals surface area contributed by atoms with Gasteiger partial charge in [-0.15, -0.1) is 24.0 Å². The van der Waals surface area contributed by atoms with E-state index in [1.54, 1.807) is 0 Å². The third-order valence-corrected chi connectivity index (χ3v) is 6.83. The third kappa shape index (κ3) is 5.91. The Hall–Kier alpha value is -1.17. The van der Waals surface area contributed by atoms with E-state index >= 15 is 0 Å². The van der Waals surface area contributed by atoms with Crippen LogP contribution in [0.15, 0.2) is 23.2 Å². The molecule has 1 aromatic rings. The zero-order valence-electron chi connectivity index (χ0n) is 15.9. The number of halogens is 3. The first kappa shape index (κ1) is 23.1. The number of nitrogens with one attached hydrogen (secondary N) is 1. The van der Waals surface area contributed by atoms with Crippen LogP contribution in [0.1, 0.15) is 13.3 Å². The lowest BCUT2D eigenvalue weighted by molar-refractivity contribution is 0.369. The standard InChI is InChI=1S/C18H26F2N4O2S.HI/c1-2-21-18(22-12-14-5-10-27(25,26)13-14)24-8-6-23(7-9-24)17-11-15(19)3-4-16(17)20;/h3-4,11,14H,2,5-10,12-13H2,1H3,(H,21,22);1H. The predicted octanol–water partition coefficient (Wildman–Crippen LogP) is 2.10. The molecule has 2 aliphatic rings. The van der Waals surface area contributed by atoms with Gasteiger partial charge in [-0.05, 0) is 31.4 Å². The second-order valence-electron chi connectivity index (χ2n) is 7.03. The summed E-state index contributed by atoms with van der Waals surface area (Å²) < 4.78 is 50.6. The van der Waals surface area contributed by atoms with Gasteiger partial charge in [0.05, 0.1) is 17.2 Å². The number of rotatable bonds is 4. The first-order chi connectivity index (χ1) is 12.9. The first-order valence-corrected chi connectivity index (χ1v) is 11.1. The van der Waals surface area contributed by atoms with Crippen LogP contribution in [-0.2, 0) is 9.84 Å². The van der Waals surface area contributed by atoms with Gasteiger partial charge in [-0.1, -0.05) is 0 Å². The minimum absolute atomic E-state index is 0. The fourth-order valence-corrected chi connectivity index (χ4v) is 5.39. The van der Waals surface area contributed by atoms with Crippen LogP contribution in [0.4, 0.5) is 14.5 Å². The maximum atomic E-state index is 14.0. The van der Waals surface area contributed by atoms with Crippen molar-refractivity contribution < 1.29 is 17.2 Å². The van der Waals surface area contributed by atoms with E-state index in [9.17, 15) is 17.2 Å². The van der Waals surface area contributed by atoms with E-state index in [2.05, 4.69) is 15.2 Å². The highest BCUT2D eigenvalue weighted by Gasteiger charge is 2.28. The quantitative estimate of drug-likeness (QED) is 0.369. The van der Waals surface area contributed by atoms with E-state index in [0.29, 0.717) is 45.7 Å². The van der Waals surface area contributed by atoms with E-state index in [-0.39, 0.29) is 47.1 Å². The van der Waals surface area contributed by atoms with Crippen molar-refractivity contribution in [2.45, 2.75) is 13.3 Å². The third-order valence-electron chi connectivity index (χ3n) is 4.99. The summed E-state index contributed by atoms with van der Waals surface area (Å²) in [6.45, 7) is 5.55. The number of benzene rings is 1. The molecule has 0 aromatic heterocycles. The summed E-state index contributed by atoms with van der Waals surface area (Å²) in [6, 6.07) is 3.50. The number of anilines is 1. The minimum Gasteiger partial charge on any atom is -0.366 e. The Morgan fingerprint density at radius 1 is 1.25 bits per heavy atom. The molecule has 1 unspecified atom stereocenters. The van der Waals surface area contributed by atoms with Crippen LogP contribution in [0.25, 0.3) is 0 Å². The molecule has 1 atom stereocenters. The van der Waals surface area contributed by atoms with Gasteiger partial charge < -0.3 is 15.1 Å². The normalized spacial score (nSPS) is 22.1. The van der Waals surface area contributed by atoms with E-state index in [1.807, 2.05) is 11.8 Å². The topological polar surface area (TPSA) is 65.0 Å². The van der Waals surface area contributed by atoms with Crippen LogP contribution in [-0.4, -0.2) is 70.1 Å². The Kier molecular flexibility index (Phi) is 8.29. The molecule has 1 aromatic carbocycles. The molecular weight excluding hydrogens is 501 g/mol. The second-order valence-corrected chi connectivity index (χ2v) is 9.26. The zero-order chi connectivity index (χ0) is 19.4. The van der Waals surface area contributed by atoms with Crippen molar-refractivity contribution in [2.75, 3.05) is 55.7 Å². The van der Waals surface area contributed by atoms with Crippen LogP contribution in [0.2, 0.25) is 0 Å². The molecule has 0 saturated carbocycles. The lowest BCUT2D eigenvalue weighted by Gasteiger charge is -2.37. The average Bonchev–Trinajstić information content (AvgIpc) is 3.00. The Morgan fingerprint density at radius 2 is 1.96 bits per heavy atom. The van der Waals surface area contributed by atoms with Crippen molar-refractivity contribution in [2.24, 2.45) is 10.9 Å². The van der Waals surface area contributed by atoms with Crippen LogP contribution in [0.5, 0.6) is 0 Å². The number of aliphatic imine (C=N–C) groups is 1. The Bertz CT molecular complexity index is 799. The minimum atomic E-state index is -2.90. The molecule has 2 aliphatic heterocycles. The van der Waals surface area contributed by atoms with Gasteiger partial charge in [-0.3, -0.25) is 4.99 Å². The molecule has 28 heavy (non-hydrogen) atoms. The van der Waals surface area contributed by atoms with Crippen molar-refractivity contribution >= 4 is 45.5 Å². The van der Waals surface area contributed by atoms with Gasteiger partial charge in [0.25, 0.3) is 0 Å². The van der Waals surface area contributed by atoms with Gasteiger partial charge in [0.1, 0.15) is 11.6 Å². The molecule has 2 saturated heterocycles. The summed E-state index contributed by atoms with van der Waals surface area (Å²) in [5, 5.41) is 3.25. The summed E-state index contributed by atoms with van der Waals surface area (Å²) in [5.74, 6) is 0.417. The highest BCUT2D eigenvalue weighted by atomic mass is 127. The molecule has 2 heterocycles. The number of hydrogen-bond donors (Lipinski definition) is 1. The van der Waals surface area contributed by atoms with Gasteiger partial charge >= 0.3 is 0 Å². The molecule has 2 fully saturated rings. The molecule has 6 nitrogen and oxygen atoms in total. The predicted molar refractivity (Wildman–Crippen MR) is 118 cm³/mol. The van der Waals surface area contributed by atoms with Crippen molar-refractivity contribution in [3.63, 3.8) is 0 Å². The summed E-state index contributed by atoms with van der Waals surface area (Å²) in [5.41, 5.74) is 0.285. The highest BCUT2D eigenvalue weighted by molar-refractivity contribution is 14.0. The van der Waals surface area contributed by atoms with E-state index in [4.69, 9.17) is 0 Å². The molecule has 0 spiro atoms. The van der Waals surface area contributed by atoms with Crippen molar-refractivity contribution in [1.29, 1.82) is 0 Å². The zero-order valence-corrected chi connectivity index (χ0v) is 19.1. The smallest absolute Gasteiger partial charge is 0.194 e. The summed E-state index contributed by atoms with van der Waals surface area (Å²) in [6.07, 6.45) is 0.665. The van der Waals surface area contributed by atoms with Crippen molar-refractivity contribution in [3.05, 3.63) is 29.8 Å². The van der Waals surface area contributed by atoms with Gasteiger partial charge in [0, 0.05) is 45.3 Å². The van der Waals surface area contributed by atoms with Gasteiger partial charge in [-0.25, -0.2) is 17.2 Å². The highest BCUT2D eigenvalue weighted by Crippen LogP contribution is 2.22. The summed E-state index contributed by atoms with van der Waals surface area (Å²) >= 11 is 0. The molecule has 0 bridgehead atoms. The number of nitrogens with zero attached hydrogens (tertiary/aromatic N) is 3. The van der Waals surface area contributed by atoms with Crippen LogP contribution in [0.3, 0.4) is 0 Å². The molecule has 0 aliphatic carbocycles. The van der Waals surface area contributed by atoms with Gasteiger partial charge in [0.15, 0.2) is 15.8 Å². The largest absolute Gasteiger partial charge is 0.366 e. The molecule has 10 heteroatoms. The van der Waals surface area contributed by atoms with E-state index < -0.39 is 21.5 Å². The molecule has 0 radical (unpaired) electrons. The SMILES string of the molecule is CCNC(=NCC1CCS(=O)(=O)C1)N1CCN(c2cc(F)ccc2F)CC1.I. The summed E-state index contributed by atoms with van der Waals surface area (Å²) in [4.78, 5) is 8.55. The van der Waals surface area contributed by atoms with Crippen LogP contribution in [0, 0.1) is 17.6 Å². The fraction of sp³-hybridized carbons (Fsp3) is 0.611. The van der Waals surface area contributed by atoms with Crippen molar-refractivity contribution in [1.82, 2.24) is 10.2 Å². The first-order valence-electron chi connectivity index (χ1n) is 9.31. The number of piperazine rings is 1. The second kappa shape index (κ2) is 10.0. The van der Waals surface area contributed by atoms with Gasteiger partial charge in [0.2, 0.25) is 0 Å². The van der Waals surface area contributed by atoms with E-state index in [0.717, 1.165) is 18.1 Å². The van der Waals surface area contributed by atoms with Crippen molar-refractivity contribution in [3.8, 4) is 0 Å². The van der Waals surface area contributed by atoms with E-state index in [1.165, 1.54) is 6.07 Å². The molecule has 158 valence electrons. The molecule has 0 amide bonds. The Morgan fingerprint density at radius 3 is 2.57 bits per heavy atom. The lowest BCUT2D eigenvalue weighted by atomic mass is 10.1. The van der Waals surface area contributed by atoms with Crippen LogP contribution < -0.4 is 10.2 Å². The Labute approximate surface area is 182 Å². The number of guanidine groups is 1. The lowest BCUT2D eigenvalue weighted by Crippen LogP contribution is -2.52. The molecular formula is C18H27F2IN4O2S. The maximum Gasteiger partial charge on any atom is 0.194 e. The van der Waals surface area contributed by atoms with Gasteiger partial charge in [-0.2, -0.15) is 0 Å². The number of sulfone groups is 1. The summed E-state index contributed by atoms with van der Waals surface area (Å²) in [7, 11) is -2.90. The molecule has 1 N–H and O–H groups in total. The average molecular weight is 528 g/mol. The fourth-order valence-electron chi connectivity index (χ4n) is 3.54. The van der Waals surface area contributed by atoms with Crippen LogP contribution >= 0.6 is 24.0 Å². The monoisotopic (exact) mass is 528 g/mol.